The summed E-state index contributed by atoms with van der Waals surface area (Å²) in [7, 11) is 0. The molecular formula is C11H19N3O4. The van der Waals surface area contributed by atoms with E-state index in [9.17, 15) is 19.5 Å². The maximum Gasteiger partial charge on any atom is 0.317 e. The quantitative estimate of drug-likeness (QED) is 0.630. The van der Waals surface area contributed by atoms with E-state index in [4.69, 9.17) is 5.73 Å². The van der Waals surface area contributed by atoms with Gasteiger partial charge in [-0.1, -0.05) is 6.92 Å². The van der Waals surface area contributed by atoms with Crippen molar-refractivity contribution in [1.29, 1.82) is 0 Å². The molecule has 1 rings (SSSR count). The van der Waals surface area contributed by atoms with E-state index in [0.29, 0.717) is 19.4 Å². The monoisotopic (exact) mass is 257 g/mol. The van der Waals surface area contributed by atoms with Crippen LogP contribution in [0.1, 0.15) is 26.2 Å². The van der Waals surface area contributed by atoms with Crippen molar-refractivity contribution in [1.82, 2.24) is 10.2 Å². The second kappa shape index (κ2) is 5.70. The van der Waals surface area contributed by atoms with Gasteiger partial charge in [0.1, 0.15) is 0 Å². The molecule has 1 atom stereocenters. The van der Waals surface area contributed by atoms with Crippen LogP contribution in [0.15, 0.2) is 0 Å². The first-order valence-corrected chi connectivity index (χ1v) is 5.96. The minimum Gasteiger partial charge on any atom is -0.481 e. The Morgan fingerprint density at radius 2 is 2.11 bits per heavy atom. The van der Waals surface area contributed by atoms with Gasteiger partial charge in [0.2, 0.25) is 5.91 Å². The first-order valence-electron chi connectivity index (χ1n) is 5.96. The predicted octanol–water partition coefficient (Wildman–Crippen LogP) is -0.242. The lowest BCUT2D eigenvalue weighted by Crippen LogP contribution is -2.42. The summed E-state index contributed by atoms with van der Waals surface area (Å²) in [5.41, 5.74) is 4.12. The molecule has 0 aromatic heterocycles. The number of carbonyl (C=O) groups excluding carboxylic acids is 2. The topological polar surface area (TPSA) is 113 Å². The number of nitrogens with two attached hydrogens (primary N) is 1. The van der Waals surface area contributed by atoms with E-state index in [-0.39, 0.29) is 25.5 Å². The van der Waals surface area contributed by atoms with Crippen LogP contribution >= 0.6 is 0 Å². The highest BCUT2D eigenvalue weighted by atomic mass is 16.4. The number of amides is 3. The Hall–Kier alpha value is -1.79. The molecular weight excluding hydrogens is 238 g/mol. The second-order valence-corrected chi connectivity index (χ2v) is 4.56. The lowest BCUT2D eigenvalue weighted by molar-refractivity contribution is -0.148. The summed E-state index contributed by atoms with van der Waals surface area (Å²) in [6.07, 6.45) is 1.03. The third-order valence-electron chi connectivity index (χ3n) is 3.42. The molecule has 0 bridgehead atoms. The van der Waals surface area contributed by atoms with Crippen molar-refractivity contribution >= 4 is 17.9 Å². The van der Waals surface area contributed by atoms with Gasteiger partial charge in [-0.25, -0.2) is 4.79 Å². The fourth-order valence-electron chi connectivity index (χ4n) is 2.06. The highest BCUT2D eigenvalue weighted by molar-refractivity contribution is 5.80. The van der Waals surface area contributed by atoms with Crippen LogP contribution in [0.2, 0.25) is 0 Å². The van der Waals surface area contributed by atoms with Crippen LogP contribution in [0.5, 0.6) is 0 Å². The minimum absolute atomic E-state index is 0.0808. The molecule has 0 saturated carbocycles. The Kier molecular flexibility index (Phi) is 4.52. The second-order valence-electron chi connectivity index (χ2n) is 4.56. The van der Waals surface area contributed by atoms with Crippen molar-refractivity contribution in [3.63, 3.8) is 0 Å². The van der Waals surface area contributed by atoms with Gasteiger partial charge in [0.25, 0.3) is 0 Å². The number of nitrogens with zero attached hydrogens (tertiary/aromatic N) is 1. The number of carboxylic acids is 1. The molecule has 7 heteroatoms. The van der Waals surface area contributed by atoms with Crippen LogP contribution in [0.3, 0.4) is 0 Å². The molecule has 0 aromatic carbocycles. The first kappa shape index (κ1) is 14.3. The van der Waals surface area contributed by atoms with Gasteiger partial charge < -0.3 is 21.1 Å². The van der Waals surface area contributed by atoms with E-state index in [1.807, 2.05) is 6.92 Å². The zero-order valence-electron chi connectivity index (χ0n) is 10.4. The van der Waals surface area contributed by atoms with Crippen molar-refractivity contribution in [2.45, 2.75) is 26.2 Å². The summed E-state index contributed by atoms with van der Waals surface area (Å²) < 4.78 is 0. The van der Waals surface area contributed by atoms with Crippen LogP contribution in [0.25, 0.3) is 0 Å². The number of carbonyl (C=O) groups is 3. The zero-order chi connectivity index (χ0) is 13.8. The first-order chi connectivity index (χ1) is 8.41. The number of likely N-dealkylation sites (tertiary alicyclic amines) is 1. The molecule has 1 aliphatic rings. The molecule has 4 N–H and O–H groups in total. The summed E-state index contributed by atoms with van der Waals surface area (Å²) in [5, 5.41) is 11.7. The third-order valence-corrected chi connectivity index (χ3v) is 3.42. The van der Waals surface area contributed by atoms with Crippen molar-refractivity contribution in [2.75, 3.05) is 19.6 Å². The maximum atomic E-state index is 11.7. The van der Waals surface area contributed by atoms with Crippen LogP contribution in [0, 0.1) is 5.41 Å². The smallest absolute Gasteiger partial charge is 0.317 e. The molecule has 1 fully saturated rings. The van der Waals surface area contributed by atoms with Crippen molar-refractivity contribution in [2.24, 2.45) is 11.1 Å². The summed E-state index contributed by atoms with van der Waals surface area (Å²) in [6.45, 7) is 2.61. The van der Waals surface area contributed by atoms with E-state index in [0.717, 1.165) is 0 Å². The van der Waals surface area contributed by atoms with Gasteiger partial charge in [-0.3, -0.25) is 9.59 Å². The molecule has 18 heavy (non-hydrogen) atoms. The Morgan fingerprint density at radius 3 is 2.56 bits per heavy atom. The number of aliphatic carboxylic acids is 1. The lowest BCUT2D eigenvalue weighted by Gasteiger charge is -2.23. The number of rotatable bonds is 5. The van der Waals surface area contributed by atoms with Crippen molar-refractivity contribution in [3.05, 3.63) is 0 Å². The SMILES string of the molecule is CCC1(C(=O)O)CCN(C(=O)NCCC(N)=O)C1. The van der Waals surface area contributed by atoms with Gasteiger partial charge in [-0.2, -0.15) is 0 Å². The fraction of sp³-hybridized carbons (Fsp3) is 0.727. The summed E-state index contributed by atoms with van der Waals surface area (Å²) >= 11 is 0. The van der Waals surface area contributed by atoms with Gasteiger partial charge in [0, 0.05) is 26.1 Å². The molecule has 0 radical (unpaired) electrons. The van der Waals surface area contributed by atoms with Gasteiger partial charge >= 0.3 is 12.0 Å². The van der Waals surface area contributed by atoms with E-state index in [2.05, 4.69) is 5.32 Å². The Balaban J connectivity index is 2.48. The van der Waals surface area contributed by atoms with Crippen LogP contribution in [0.4, 0.5) is 4.79 Å². The summed E-state index contributed by atoms with van der Waals surface area (Å²) in [5.74, 6) is -1.34. The number of carboxylic acid groups (broad SMARTS) is 1. The molecule has 1 unspecified atom stereocenters. The fourth-order valence-corrected chi connectivity index (χ4v) is 2.06. The van der Waals surface area contributed by atoms with Gasteiger partial charge in [0.15, 0.2) is 0 Å². The maximum absolute atomic E-state index is 11.7. The van der Waals surface area contributed by atoms with Gasteiger partial charge in [-0.05, 0) is 12.8 Å². The molecule has 0 spiro atoms. The van der Waals surface area contributed by atoms with Crippen molar-refractivity contribution < 1.29 is 19.5 Å². The molecule has 0 aliphatic carbocycles. The molecule has 3 amide bonds. The van der Waals surface area contributed by atoms with Gasteiger partial charge in [0.05, 0.1) is 5.41 Å². The molecule has 0 aromatic rings. The highest BCUT2D eigenvalue weighted by Crippen LogP contribution is 2.34. The molecule has 102 valence electrons. The number of primary amides is 1. The Labute approximate surface area is 105 Å². The van der Waals surface area contributed by atoms with Crippen LogP contribution in [-0.2, 0) is 9.59 Å². The summed E-state index contributed by atoms with van der Waals surface area (Å²) in [6, 6.07) is -0.340. The normalized spacial score (nSPS) is 22.8. The average Bonchev–Trinajstić information content (AvgIpc) is 2.74. The number of hydrogen-bond donors (Lipinski definition) is 3. The minimum atomic E-state index is -0.863. The van der Waals surface area contributed by atoms with E-state index in [1.165, 1.54) is 4.90 Å². The standard InChI is InChI=1S/C11H19N3O4/c1-2-11(9(16)17)4-6-14(7-11)10(18)13-5-3-8(12)15/h2-7H2,1H3,(H2,12,15)(H,13,18)(H,16,17). The number of hydrogen-bond acceptors (Lipinski definition) is 3. The molecule has 7 nitrogen and oxygen atoms in total. The number of nitrogens with one attached hydrogen (secondary N) is 1. The van der Waals surface area contributed by atoms with Crippen molar-refractivity contribution in [3.8, 4) is 0 Å². The third kappa shape index (κ3) is 3.12. The van der Waals surface area contributed by atoms with Gasteiger partial charge in [-0.15, -0.1) is 0 Å². The molecule has 1 saturated heterocycles. The van der Waals surface area contributed by atoms with E-state index in [1.54, 1.807) is 0 Å². The van der Waals surface area contributed by atoms with Crippen LogP contribution < -0.4 is 11.1 Å². The molecule has 1 heterocycles. The van der Waals surface area contributed by atoms with E-state index >= 15 is 0 Å². The number of urea groups is 1. The largest absolute Gasteiger partial charge is 0.481 e. The summed E-state index contributed by atoms with van der Waals surface area (Å²) in [4.78, 5) is 34.9. The molecule has 1 aliphatic heterocycles. The Bertz CT molecular complexity index is 358. The average molecular weight is 257 g/mol. The zero-order valence-corrected chi connectivity index (χ0v) is 10.4. The predicted molar refractivity (Wildman–Crippen MR) is 63.8 cm³/mol. The Morgan fingerprint density at radius 1 is 1.44 bits per heavy atom. The van der Waals surface area contributed by atoms with Crippen LogP contribution in [-0.4, -0.2) is 47.5 Å². The highest BCUT2D eigenvalue weighted by Gasteiger charge is 2.44. The lowest BCUT2D eigenvalue weighted by atomic mass is 9.84. The van der Waals surface area contributed by atoms with E-state index < -0.39 is 17.3 Å².